The molecule has 0 aliphatic carbocycles. The Hall–Kier alpha value is -0.930. The zero-order valence-electron chi connectivity index (χ0n) is 10.9. The molecule has 2 nitrogen and oxygen atoms in total. The van der Waals surface area contributed by atoms with E-state index < -0.39 is 0 Å². The molecule has 0 radical (unpaired) electrons. The lowest BCUT2D eigenvalue weighted by Gasteiger charge is -2.20. The fourth-order valence-corrected chi connectivity index (χ4v) is 1.75. The largest absolute Gasteiger partial charge is 0.380 e. The smallest absolute Gasteiger partial charge is 0.130 e. The molecular weight excluding hydrogens is 217 g/mol. The minimum Gasteiger partial charge on any atom is -0.380 e. The van der Waals surface area contributed by atoms with Crippen LogP contribution in [0.1, 0.15) is 37.4 Å². The van der Waals surface area contributed by atoms with Gasteiger partial charge in [0.1, 0.15) is 5.82 Å². The lowest BCUT2D eigenvalue weighted by Crippen LogP contribution is -2.27. The van der Waals surface area contributed by atoms with E-state index in [1.807, 2.05) is 19.1 Å². The second-order valence-electron chi connectivity index (χ2n) is 4.14. The third-order valence-electron chi connectivity index (χ3n) is 2.73. The maximum atomic E-state index is 14.0. The number of hydrogen-bond acceptors (Lipinski definition) is 2. The predicted molar refractivity (Wildman–Crippen MR) is 68.7 cm³/mol. The van der Waals surface area contributed by atoms with E-state index in [4.69, 9.17) is 4.74 Å². The second kappa shape index (κ2) is 7.41. The lowest BCUT2D eigenvalue weighted by atomic mass is 10.0. The van der Waals surface area contributed by atoms with Crippen LogP contribution >= 0.6 is 0 Å². The zero-order chi connectivity index (χ0) is 12.7. The molecule has 0 saturated carbocycles. The van der Waals surface area contributed by atoms with Gasteiger partial charge >= 0.3 is 0 Å². The molecule has 3 heteroatoms. The molecule has 96 valence electrons. The van der Waals surface area contributed by atoms with Crippen molar-refractivity contribution in [2.45, 2.75) is 33.2 Å². The van der Waals surface area contributed by atoms with Gasteiger partial charge in [-0.25, -0.2) is 4.39 Å². The molecule has 0 fully saturated rings. The molecule has 0 heterocycles. The Morgan fingerprint density at radius 1 is 1.35 bits per heavy atom. The van der Waals surface area contributed by atoms with Crippen molar-refractivity contribution in [1.29, 1.82) is 0 Å². The van der Waals surface area contributed by atoms with E-state index >= 15 is 0 Å². The summed E-state index contributed by atoms with van der Waals surface area (Å²) in [4.78, 5) is 0. The van der Waals surface area contributed by atoms with Gasteiger partial charge in [0.15, 0.2) is 0 Å². The Balaban J connectivity index is 2.83. The lowest BCUT2D eigenvalue weighted by molar-refractivity contribution is 0.122. The van der Waals surface area contributed by atoms with Crippen molar-refractivity contribution in [1.82, 2.24) is 5.32 Å². The number of rotatable bonds is 7. The molecule has 17 heavy (non-hydrogen) atoms. The van der Waals surface area contributed by atoms with Crippen LogP contribution in [0, 0.1) is 12.7 Å². The number of hydrogen-bond donors (Lipinski definition) is 1. The van der Waals surface area contributed by atoms with Crippen molar-refractivity contribution in [2.75, 3.05) is 19.8 Å². The van der Waals surface area contributed by atoms with E-state index in [1.54, 1.807) is 13.0 Å². The number of nitrogens with one attached hydrogen (secondary N) is 1. The highest BCUT2D eigenvalue weighted by Crippen LogP contribution is 2.20. The minimum atomic E-state index is -0.124. The van der Waals surface area contributed by atoms with Gasteiger partial charge in [0, 0.05) is 12.2 Å². The van der Waals surface area contributed by atoms with Crippen molar-refractivity contribution in [3.63, 3.8) is 0 Å². The van der Waals surface area contributed by atoms with Crippen LogP contribution in [0.5, 0.6) is 0 Å². The minimum absolute atomic E-state index is 0.0604. The first-order valence-electron chi connectivity index (χ1n) is 6.26. The summed E-state index contributed by atoms with van der Waals surface area (Å²) >= 11 is 0. The third-order valence-corrected chi connectivity index (χ3v) is 2.73. The predicted octanol–water partition coefficient (Wildman–Crippen LogP) is 3.21. The monoisotopic (exact) mass is 239 g/mol. The number of aryl methyl sites for hydroxylation is 1. The molecule has 1 aromatic carbocycles. The third kappa shape index (κ3) is 4.10. The highest BCUT2D eigenvalue weighted by atomic mass is 19.1. The molecule has 0 aliphatic heterocycles. The summed E-state index contributed by atoms with van der Waals surface area (Å²) in [5.74, 6) is -0.124. The molecule has 1 N–H and O–H groups in total. The van der Waals surface area contributed by atoms with Crippen LogP contribution in [0.15, 0.2) is 18.2 Å². The summed E-state index contributed by atoms with van der Waals surface area (Å²) in [6.45, 7) is 7.86. The summed E-state index contributed by atoms with van der Waals surface area (Å²) in [5.41, 5.74) is 1.38. The normalized spacial score (nSPS) is 12.7. The molecular formula is C14H22FNO. The zero-order valence-corrected chi connectivity index (χ0v) is 10.9. The van der Waals surface area contributed by atoms with E-state index in [-0.39, 0.29) is 11.9 Å². The average Bonchev–Trinajstić information content (AvgIpc) is 2.34. The highest BCUT2D eigenvalue weighted by Gasteiger charge is 2.16. The number of halogens is 1. The Labute approximate surface area is 103 Å². The van der Waals surface area contributed by atoms with Crippen LogP contribution in [0.4, 0.5) is 4.39 Å². The summed E-state index contributed by atoms with van der Waals surface area (Å²) in [6, 6.07) is 5.44. The molecule has 1 atom stereocenters. The van der Waals surface area contributed by atoms with Gasteiger partial charge in [-0.15, -0.1) is 0 Å². The topological polar surface area (TPSA) is 21.3 Å². The van der Waals surface area contributed by atoms with Gasteiger partial charge in [0.25, 0.3) is 0 Å². The van der Waals surface area contributed by atoms with Gasteiger partial charge in [-0.2, -0.15) is 0 Å². The quantitative estimate of drug-likeness (QED) is 0.789. The van der Waals surface area contributed by atoms with Crippen LogP contribution in [0.2, 0.25) is 0 Å². The molecule has 0 amide bonds. The summed E-state index contributed by atoms with van der Waals surface area (Å²) in [7, 11) is 0. The summed E-state index contributed by atoms with van der Waals surface area (Å²) in [6.07, 6.45) is 1.02. The fraction of sp³-hybridized carbons (Fsp3) is 0.571. The van der Waals surface area contributed by atoms with Crippen LogP contribution in [-0.2, 0) is 4.74 Å². The van der Waals surface area contributed by atoms with Crippen molar-refractivity contribution < 1.29 is 9.13 Å². The average molecular weight is 239 g/mol. The van der Waals surface area contributed by atoms with Gasteiger partial charge < -0.3 is 10.1 Å². The standard InChI is InChI=1S/C14H22FNO/c1-4-9-16-13(10-17-5-2)12-8-6-7-11(3)14(12)15/h6-8,13,16H,4-5,9-10H2,1-3H3. The van der Waals surface area contributed by atoms with Crippen LogP contribution in [-0.4, -0.2) is 19.8 Å². The van der Waals surface area contributed by atoms with E-state index in [9.17, 15) is 4.39 Å². The van der Waals surface area contributed by atoms with Gasteiger partial charge in [-0.3, -0.25) is 0 Å². The Bertz CT molecular complexity index is 333. The summed E-state index contributed by atoms with van der Waals surface area (Å²) in [5, 5.41) is 3.32. The maximum absolute atomic E-state index is 14.0. The highest BCUT2D eigenvalue weighted by molar-refractivity contribution is 5.27. The van der Waals surface area contributed by atoms with Gasteiger partial charge in [-0.1, -0.05) is 25.1 Å². The maximum Gasteiger partial charge on any atom is 0.130 e. The van der Waals surface area contributed by atoms with Crippen molar-refractivity contribution >= 4 is 0 Å². The van der Waals surface area contributed by atoms with Gasteiger partial charge in [0.05, 0.1) is 12.6 Å². The fourth-order valence-electron chi connectivity index (χ4n) is 1.75. The number of benzene rings is 1. The first-order chi connectivity index (χ1) is 8.20. The van der Waals surface area contributed by atoms with Crippen molar-refractivity contribution in [3.05, 3.63) is 35.1 Å². The van der Waals surface area contributed by atoms with Crippen molar-refractivity contribution in [3.8, 4) is 0 Å². The second-order valence-corrected chi connectivity index (χ2v) is 4.14. The van der Waals surface area contributed by atoms with Gasteiger partial charge in [-0.05, 0) is 32.4 Å². The molecule has 0 spiro atoms. The van der Waals surface area contributed by atoms with E-state index in [0.29, 0.717) is 24.3 Å². The summed E-state index contributed by atoms with van der Waals surface area (Å²) < 4.78 is 19.4. The molecule has 0 aliphatic rings. The Morgan fingerprint density at radius 3 is 2.76 bits per heavy atom. The van der Waals surface area contributed by atoms with Crippen LogP contribution in [0.25, 0.3) is 0 Å². The van der Waals surface area contributed by atoms with E-state index in [0.717, 1.165) is 13.0 Å². The Kier molecular flexibility index (Phi) is 6.16. The van der Waals surface area contributed by atoms with Gasteiger partial charge in [0.2, 0.25) is 0 Å². The molecule has 0 aromatic heterocycles. The van der Waals surface area contributed by atoms with E-state index in [2.05, 4.69) is 12.2 Å². The molecule has 1 unspecified atom stereocenters. The molecule has 1 aromatic rings. The first-order valence-corrected chi connectivity index (χ1v) is 6.26. The molecule has 0 bridgehead atoms. The first kappa shape index (κ1) is 14.1. The Morgan fingerprint density at radius 2 is 2.12 bits per heavy atom. The van der Waals surface area contributed by atoms with Crippen molar-refractivity contribution in [2.24, 2.45) is 0 Å². The number of ether oxygens (including phenoxy) is 1. The van der Waals surface area contributed by atoms with Crippen LogP contribution < -0.4 is 5.32 Å². The van der Waals surface area contributed by atoms with Crippen LogP contribution in [0.3, 0.4) is 0 Å². The molecule has 0 saturated heterocycles. The SMILES string of the molecule is CCCNC(COCC)c1cccc(C)c1F. The molecule has 1 rings (SSSR count). The van der Waals surface area contributed by atoms with E-state index in [1.165, 1.54) is 0 Å².